The van der Waals surface area contributed by atoms with Gasteiger partial charge in [-0.15, -0.1) is 11.6 Å². The van der Waals surface area contributed by atoms with E-state index in [1.54, 1.807) is 0 Å². The molecular weight excluding hydrogens is 292 g/mol. The average Bonchev–Trinajstić information content (AvgIpc) is 2.92. The summed E-state index contributed by atoms with van der Waals surface area (Å²) in [7, 11) is 0. The predicted octanol–water partition coefficient (Wildman–Crippen LogP) is 5.17. The van der Waals surface area contributed by atoms with Crippen molar-refractivity contribution in [2.24, 2.45) is 0 Å². The maximum atomic E-state index is 12.4. The fraction of sp³-hybridized carbons (Fsp3) is 0.350. The van der Waals surface area contributed by atoms with Crippen LogP contribution in [0.1, 0.15) is 42.9 Å². The Hall–Kier alpha value is -1.60. The minimum Gasteiger partial charge on any atom is -0.298 e. The van der Waals surface area contributed by atoms with Gasteiger partial charge in [-0.05, 0) is 40.7 Å². The van der Waals surface area contributed by atoms with Crippen LogP contribution in [-0.4, -0.2) is 11.2 Å². The molecule has 0 spiro atoms. The van der Waals surface area contributed by atoms with Crippen LogP contribution in [0.15, 0.2) is 42.5 Å². The van der Waals surface area contributed by atoms with Crippen LogP contribution < -0.4 is 0 Å². The van der Waals surface area contributed by atoms with Gasteiger partial charge in [-0.1, -0.05) is 62.2 Å². The molecule has 22 heavy (non-hydrogen) atoms. The first-order valence-corrected chi connectivity index (χ1v) is 8.50. The molecule has 0 amide bonds. The molecule has 0 saturated heterocycles. The van der Waals surface area contributed by atoms with E-state index in [0.29, 0.717) is 6.42 Å². The largest absolute Gasteiger partial charge is 0.298 e. The highest BCUT2D eigenvalue weighted by molar-refractivity contribution is 6.31. The van der Waals surface area contributed by atoms with Crippen molar-refractivity contribution in [2.45, 2.75) is 44.4 Å². The lowest BCUT2D eigenvalue weighted by molar-refractivity contribution is -0.118. The number of carbonyl (C=O) groups is 1. The maximum Gasteiger partial charge on any atom is 0.155 e. The van der Waals surface area contributed by atoms with Crippen molar-refractivity contribution in [1.82, 2.24) is 0 Å². The van der Waals surface area contributed by atoms with Gasteiger partial charge in [-0.25, -0.2) is 0 Å². The van der Waals surface area contributed by atoms with Gasteiger partial charge in [-0.2, -0.15) is 0 Å². The number of hydrogen-bond donors (Lipinski definition) is 0. The van der Waals surface area contributed by atoms with Gasteiger partial charge in [0.2, 0.25) is 0 Å². The SMILES string of the molecule is CCCCC(Cl)C(=O)Cc1cccc2c1Cc1ccccc1-2. The molecule has 1 unspecified atom stereocenters. The first kappa shape index (κ1) is 15.3. The van der Waals surface area contributed by atoms with Crippen LogP contribution in [0.2, 0.25) is 0 Å². The molecule has 3 rings (SSSR count). The molecule has 0 N–H and O–H groups in total. The smallest absolute Gasteiger partial charge is 0.155 e. The summed E-state index contributed by atoms with van der Waals surface area (Å²) in [5.41, 5.74) is 6.38. The number of fused-ring (bicyclic) bond motifs is 3. The van der Waals surface area contributed by atoms with E-state index in [4.69, 9.17) is 11.6 Å². The van der Waals surface area contributed by atoms with E-state index in [-0.39, 0.29) is 11.2 Å². The van der Waals surface area contributed by atoms with Crippen LogP contribution in [0.5, 0.6) is 0 Å². The Balaban J connectivity index is 1.81. The van der Waals surface area contributed by atoms with E-state index in [1.807, 2.05) is 0 Å². The van der Waals surface area contributed by atoms with Crippen molar-refractivity contribution in [3.8, 4) is 11.1 Å². The summed E-state index contributed by atoms with van der Waals surface area (Å²) < 4.78 is 0. The second-order valence-corrected chi connectivity index (χ2v) is 6.56. The molecule has 1 aliphatic rings. The van der Waals surface area contributed by atoms with Crippen molar-refractivity contribution < 1.29 is 4.79 Å². The normalized spacial score (nSPS) is 13.5. The van der Waals surface area contributed by atoms with Crippen molar-refractivity contribution >= 4 is 17.4 Å². The second-order valence-electron chi connectivity index (χ2n) is 6.03. The Kier molecular flexibility index (Phi) is 4.63. The minimum absolute atomic E-state index is 0.152. The molecule has 1 nitrogen and oxygen atoms in total. The van der Waals surface area contributed by atoms with Crippen molar-refractivity contribution in [3.63, 3.8) is 0 Å². The number of carbonyl (C=O) groups excluding carboxylic acids is 1. The van der Waals surface area contributed by atoms with Gasteiger partial charge in [0.25, 0.3) is 0 Å². The molecule has 0 saturated carbocycles. The summed E-state index contributed by atoms with van der Waals surface area (Å²) in [6.45, 7) is 2.12. The van der Waals surface area contributed by atoms with Gasteiger partial charge in [0.05, 0.1) is 5.38 Å². The van der Waals surface area contributed by atoms with Crippen LogP contribution in [0.3, 0.4) is 0 Å². The zero-order valence-corrected chi connectivity index (χ0v) is 13.7. The molecule has 0 fully saturated rings. The highest BCUT2D eigenvalue weighted by Crippen LogP contribution is 2.38. The van der Waals surface area contributed by atoms with Gasteiger partial charge in [0.1, 0.15) is 0 Å². The molecule has 0 aliphatic heterocycles. The number of Topliss-reactive ketones (excluding diaryl/α,β-unsaturated/α-hetero) is 1. The molecule has 114 valence electrons. The number of hydrogen-bond acceptors (Lipinski definition) is 1. The Bertz CT molecular complexity index is 690. The predicted molar refractivity (Wildman–Crippen MR) is 92.6 cm³/mol. The molecule has 2 aromatic rings. The van der Waals surface area contributed by atoms with Crippen molar-refractivity contribution in [3.05, 3.63) is 59.2 Å². The van der Waals surface area contributed by atoms with Gasteiger partial charge < -0.3 is 0 Å². The summed E-state index contributed by atoms with van der Waals surface area (Å²) in [6, 6.07) is 14.8. The summed E-state index contributed by atoms with van der Waals surface area (Å²) >= 11 is 6.25. The third-order valence-electron chi connectivity index (χ3n) is 4.47. The third kappa shape index (κ3) is 2.96. The van der Waals surface area contributed by atoms with Gasteiger partial charge in [0.15, 0.2) is 5.78 Å². The quantitative estimate of drug-likeness (QED) is 0.574. The van der Waals surface area contributed by atoms with E-state index in [2.05, 4.69) is 49.4 Å². The molecule has 2 heteroatoms. The zero-order valence-electron chi connectivity index (χ0n) is 12.9. The van der Waals surface area contributed by atoms with Gasteiger partial charge in [-0.3, -0.25) is 4.79 Å². The van der Waals surface area contributed by atoms with E-state index < -0.39 is 0 Å². The van der Waals surface area contributed by atoms with Crippen molar-refractivity contribution in [1.29, 1.82) is 0 Å². The Labute approximate surface area is 137 Å². The number of alkyl halides is 1. The second kappa shape index (κ2) is 6.66. The van der Waals surface area contributed by atoms with E-state index in [1.165, 1.54) is 22.3 Å². The standard InChI is InChI=1S/C20H21ClO/c1-2-3-11-19(21)20(22)13-15-8-6-10-17-16-9-5-4-7-14(16)12-18(15)17/h4-10,19H,2-3,11-13H2,1H3. The molecule has 1 atom stereocenters. The number of ketones is 1. The highest BCUT2D eigenvalue weighted by Gasteiger charge is 2.23. The fourth-order valence-electron chi connectivity index (χ4n) is 3.23. The van der Waals surface area contributed by atoms with Crippen LogP contribution in [0.4, 0.5) is 0 Å². The topological polar surface area (TPSA) is 17.1 Å². The Morgan fingerprint density at radius 1 is 1.14 bits per heavy atom. The molecule has 0 aromatic heterocycles. The van der Waals surface area contributed by atoms with E-state index in [0.717, 1.165) is 31.2 Å². The van der Waals surface area contributed by atoms with E-state index >= 15 is 0 Å². The van der Waals surface area contributed by atoms with Gasteiger partial charge >= 0.3 is 0 Å². The lowest BCUT2D eigenvalue weighted by Crippen LogP contribution is -2.17. The van der Waals surface area contributed by atoms with E-state index in [9.17, 15) is 4.79 Å². The van der Waals surface area contributed by atoms with Crippen molar-refractivity contribution in [2.75, 3.05) is 0 Å². The summed E-state index contributed by atoms with van der Waals surface area (Å²) in [5, 5.41) is -0.348. The summed E-state index contributed by atoms with van der Waals surface area (Å²) in [4.78, 5) is 12.4. The molecule has 0 heterocycles. The van der Waals surface area contributed by atoms with Gasteiger partial charge in [0, 0.05) is 6.42 Å². The number of rotatable bonds is 6. The molecule has 1 aliphatic carbocycles. The van der Waals surface area contributed by atoms with Crippen LogP contribution in [0, 0.1) is 0 Å². The Morgan fingerprint density at radius 2 is 1.91 bits per heavy atom. The number of unbranched alkanes of at least 4 members (excludes halogenated alkanes) is 1. The van der Waals surface area contributed by atoms with Crippen LogP contribution in [-0.2, 0) is 17.6 Å². The lowest BCUT2D eigenvalue weighted by atomic mass is 9.96. The highest BCUT2D eigenvalue weighted by atomic mass is 35.5. The molecular formula is C20H21ClO. The first-order valence-electron chi connectivity index (χ1n) is 8.06. The molecule has 0 radical (unpaired) electrons. The summed E-state index contributed by atoms with van der Waals surface area (Å²) in [6.07, 6.45) is 4.25. The minimum atomic E-state index is -0.348. The maximum absolute atomic E-state index is 12.4. The average molecular weight is 313 g/mol. The monoisotopic (exact) mass is 312 g/mol. The molecule has 0 bridgehead atoms. The van der Waals surface area contributed by atoms with Crippen LogP contribution >= 0.6 is 11.6 Å². The fourth-order valence-corrected chi connectivity index (χ4v) is 3.46. The van der Waals surface area contributed by atoms with Crippen LogP contribution in [0.25, 0.3) is 11.1 Å². The first-order chi connectivity index (χ1) is 10.7. The molecule has 2 aromatic carbocycles. The number of benzene rings is 2. The Morgan fingerprint density at radius 3 is 2.73 bits per heavy atom. The number of halogens is 1. The lowest BCUT2D eigenvalue weighted by Gasteiger charge is -2.11. The summed E-state index contributed by atoms with van der Waals surface area (Å²) in [5.74, 6) is 0.152. The third-order valence-corrected chi connectivity index (χ3v) is 4.93. The zero-order chi connectivity index (χ0) is 15.5.